The van der Waals surface area contributed by atoms with E-state index in [0.717, 1.165) is 31.7 Å². The highest BCUT2D eigenvalue weighted by Gasteiger charge is 2.22. The summed E-state index contributed by atoms with van der Waals surface area (Å²) >= 11 is 6.19. The van der Waals surface area contributed by atoms with Crippen molar-refractivity contribution in [2.24, 2.45) is 0 Å². The molecule has 0 spiro atoms. The normalized spacial score (nSPS) is 15.2. The number of aromatic nitrogens is 1. The first-order valence-electron chi connectivity index (χ1n) is 9.03. The Balaban J connectivity index is 1.79. The fourth-order valence-corrected chi connectivity index (χ4v) is 3.52. The van der Waals surface area contributed by atoms with Crippen LogP contribution >= 0.6 is 11.6 Å². The number of nitrogens with zero attached hydrogens (tertiary/aromatic N) is 2. The maximum absolute atomic E-state index is 12.7. The van der Waals surface area contributed by atoms with Gasteiger partial charge in [-0.15, -0.1) is 0 Å². The van der Waals surface area contributed by atoms with Gasteiger partial charge in [0.1, 0.15) is 11.5 Å². The van der Waals surface area contributed by atoms with Gasteiger partial charge >= 0.3 is 5.97 Å². The molecule has 1 unspecified atom stereocenters. The van der Waals surface area contributed by atoms with E-state index in [1.807, 2.05) is 6.07 Å². The molecule has 2 heterocycles. The standard InChI is InChI=1S/C20H22ClN3O3/c21-15-8-3-2-7-14(15)17(13-19(25)26)23-20(27)16-9-6-10-18(22-16)24-11-4-1-5-12-24/h2-3,6-10,17H,1,4-5,11-13H2,(H,23,27)(H,25,26). The summed E-state index contributed by atoms with van der Waals surface area (Å²) in [6.07, 6.45) is 3.18. The zero-order chi connectivity index (χ0) is 19.2. The van der Waals surface area contributed by atoms with Gasteiger partial charge < -0.3 is 15.3 Å². The molecule has 3 rings (SSSR count). The third-order valence-corrected chi connectivity index (χ3v) is 4.96. The molecule has 6 nitrogen and oxygen atoms in total. The van der Waals surface area contributed by atoms with Gasteiger partial charge in [0.25, 0.3) is 5.91 Å². The van der Waals surface area contributed by atoms with Crippen LogP contribution in [0.15, 0.2) is 42.5 Å². The van der Waals surface area contributed by atoms with Gasteiger partial charge in [0.05, 0.1) is 12.5 Å². The highest BCUT2D eigenvalue weighted by Crippen LogP contribution is 2.25. The Morgan fingerprint density at radius 1 is 1.11 bits per heavy atom. The zero-order valence-electron chi connectivity index (χ0n) is 14.9. The number of hydrogen-bond acceptors (Lipinski definition) is 4. The van der Waals surface area contributed by atoms with Gasteiger partial charge in [-0.1, -0.05) is 35.9 Å². The molecule has 142 valence electrons. The van der Waals surface area contributed by atoms with Crippen molar-refractivity contribution in [2.75, 3.05) is 18.0 Å². The Bertz CT molecular complexity index is 822. The molecule has 7 heteroatoms. The van der Waals surface area contributed by atoms with Crippen molar-refractivity contribution < 1.29 is 14.7 Å². The molecule has 1 aliphatic heterocycles. The van der Waals surface area contributed by atoms with Crippen LogP contribution < -0.4 is 10.2 Å². The molecular weight excluding hydrogens is 366 g/mol. The number of carboxylic acids is 1. The third kappa shape index (κ3) is 4.98. The summed E-state index contributed by atoms with van der Waals surface area (Å²) in [6.45, 7) is 1.86. The number of hydrogen-bond donors (Lipinski definition) is 2. The average Bonchev–Trinajstić information content (AvgIpc) is 2.68. The van der Waals surface area contributed by atoms with Crippen molar-refractivity contribution in [3.05, 3.63) is 58.7 Å². The number of rotatable bonds is 6. The summed E-state index contributed by atoms with van der Waals surface area (Å²) in [4.78, 5) is 30.6. The lowest BCUT2D eigenvalue weighted by molar-refractivity contribution is -0.137. The maximum atomic E-state index is 12.7. The summed E-state index contributed by atoms with van der Waals surface area (Å²) < 4.78 is 0. The first-order valence-corrected chi connectivity index (χ1v) is 9.41. The third-order valence-electron chi connectivity index (χ3n) is 4.61. The maximum Gasteiger partial charge on any atom is 0.305 e. The average molecular weight is 388 g/mol. The van der Waals surface area contributed by atoms with Crippen LogP contribution in [0.2, 0.25) is 5.02 Å². The molecule has 1 saturated heterocycles. The molecule has 1 atom stereocenters. The molecule has 2 aromatic rings. The molecule has 1 amide bonds. The van der Waals surface area contributed by atoms with Crippen LogP contribution in [0, 0.1) is 0 Å². The number of carbonyl (C=O) groups excluding carboxylic acids is 1. The topological polar surface area (TPSA) is 82.5 Å². The molecule has 1 aromatic carbocycles. The largest absolute Gasteiger partial charge is 0.481 e. The Morgan fingerprint density at radius 3 is 2.56 bits per heavy atom. The fraction of sp³-hybridized carbons (Fsp3) is 0.350. The molecule has 0 bridgehead atoms. The second kappa shape index (κ2) is 8.86. The molecule has 1 fully saturated rings. The van der Waals surface area contributed by atoms with Gasteiger partial charge in [-0.25, -0.2) is 4.98 Å². The molecule has 0 saturated carbocycles. The van der Waals surface area contributed by atoms with E-state index in [9.17, 15) is 14.7 Å². The summed E-state index contributed by atoms with van der Waals surface area (Å²) in [5.74, 6) is -0.662. The van der Waals surface area contributed by atoms with Gasteiger partial charge in [-0.05, 0) is 43.0 Å². The Labute approximate surface area is 163 Å². The number of pyridine rings is 1. The minimum Gasteiger partial charge on any atom is -0.481 e. The van der Waals surface area contributed by atoms with E-state index >= 15 is 0 Å². The highest BCUT2D eigenvalue weighted by molar-refractivity contribution is 6.31. The van der Waals surface area contributed by atoms with Crippen LogP contribution in [-0.4, -0.2) is 35.1 Å². The number of anilines is 1. The predicted octanol–water partition coefficient (Wildman–Crippen LogP) is 3.67. The number of amides is 1. The number of halogens is 1. The van der Waals surface area contributed by atoms with E-state index < -0.39 is 17.9 Å². The van der Waals surface area contributed by atoms with Gasteiger partial charge in [-0.3, -0.25) is 9.59 Å². The minimum absolute atomic E-state index is 0.263. The predicted molar refractivity (Wildman–Crippen MR) is 104 cm³/mol. The fourth-order valence-electron chi connectivity index (χ4n) is 3.25. The Hall–Kier alpha value is -2.60. The van der Waals surface area contributed by atoms with Crippen molar-refractivity contribution in [3.8, 4) is 0 Å². The van der Waals surface area contributed by atoms with Crippen LogP contribution in [0.1, 0.15) is 47.8 Å². The first kappa shape index (κ1) is 19.2. The van der Waals surface area contributed by atoms with Crippen molar-refractivity contribution >= 4 is 29.3 Å². The SMILES string of the molecule is O=C(O)CC(NC(=O)c1cccc(N2CCCCC2)n1)c1ccccc1Cl. The number of carbonyl (C=O) groups is 2. The highest BCUT2D eigenvalue weighted by atomic mass is 35.5. The van der Waals surface area contributed by atoms with Gasteiger partial charge in [0.15, 0.2) is 0 Å². The van der Waals surface area contributed by atoms with E-state index in [1.54, 1.807) is 36.4 Å². The molecule has 1 aliphatic rings. The molecule has 1 aromatic heterocycles. The van der Waals surface area contributed by atoms with Crippen molar-refractivity contribution in [3.63, 3.8) is 0 Å². The molecule has 0 radical (unpaired) electrons. The van der Waals surface area contributed by atoms with Gasteiger partial charge in [0, 0.05) is 18.1 Å². The van der Waals surface area contributed by atoms with Crippen molar-refractivity contribution in [1.82, 2.24) is 10.3 Å². The summed E-state index contributed by atoms with van der Waals surface area (Å²) in [7, 11) is 0. The lowest BCUT2D eigenvalue weighted by Gasteiger charge is -2.28. The van der Waals surface area contributed by atoms with Crippen molar-refractivity contribution in [2.45, 2.75) is 31.7 Å². The van der Waals surface area contributed by atoms with Crippen LogP contribution in [-0.2, 0) is 4.79 Å². The van der Waals surface area contributed by atoms with E-state index in [1.165, 1.54) is 6.42 Å². The monoisotopic (exact) mass is 387 g/mol. The number of piperidine rings is 1. The molecule has 27 heavy (non-hydrogen) atoms. The Kier molecular flexibility index (Phi) is 6.29. The summed E-state index contributed by atoms with van der Waals surface area (Å²) in [5.41, 5.74) is 0.836. The first-order chi connectivity index (χ1) is 13.0. The van der Waals surface area contributed by atoms with Crippen LogP contribution in [0.25, 0.3) is 0 Å². The van der Waals surface area contributed by atoms with Crippen LogP contribution in [0.3, 0.4) is 0 Å². The van der Waals surface area contributed by atoms with Gasteiger partial charge in [-0.2, -0.15) is 0 Å². The minimum atomic E-state index is -1.02. The van der Waals surface area contributed by atoms with Crippen LogP contribution in [0.5, 0.6) is 0 Å². The second-order valence-corrected chi connectivity index (χ2v) is 6.98. The van der Waals surface area contributed by atoms with Crippen molar-refractivity contribution in [1.29, 1.82) is 0 Å². The number of nitrogens with one attached hydrogen (secondary N) is 1. The van der Waals surface area contributed by atoms with Gasteiger partial charge in [0.2, 0.25) is 0 Å². The quantitative estimate of drug-likeness (QED) is 0.790. The van der Waals surface area contributed by atoms with E-state index in [-0.39, 0.29) is 12.1 Å². The summed E-state index contributed by atoms with van der Waals surface area (Å²) in [6, 6.07) is 11.5. The lowest BCUT2D eigenvalue weighted by atomic mass is 10.0. The number of aliphatic carboxylic acids is 1. The second-order valence-electron chi connectivity index (χ2n) is 6.57. The number of carboxylic acid groups (broad SMARTS) is 1. The molecule has 2 N–H and O–H groups in total. The van der Waals surface area contributed by atoms with Crippen LogP contribution in [0.4, 0.5) is 5.82 Å². The zero-order valence-corrected chi connectivity index (χ0v) is 15.7. The van der Waals surface area contributed by atoms with E-state index in [2.05, 4.69) is 15.2 Å². The molecular formula is C20H22ClN3O3. The molecule has 0 aliphatic carbocycles. The number of benzene rings is 1. The van der Waals surface area contributed by atoms with E-state index in [0.29, 0.717) is 10.6 Å². The van der Waals surface area contributed by atoms with E-state index in [4.69, 9.17) is 11.6 Å². The lowest BCUT2D eigenvalue weighted by Crippen LogP contribution is -2.33. The summed E-state index contributed by atoms with van der Waals surface area (Å²) in [5, 5.41) is 12.4. The smallest absolute Gasteiger partial charge is 0.305 e. The Morgan fingerprint density at radius 2 is 1.85 bits per heavy atom.